The molecule has 5 nitrogen and oxygen atoms in total. The minimum absolute atomic E-state index is 0.0460. The minimum atomic E-state index is -2.66. The van der Waals surface area contributed by atoms with E-state index >= 15 is 0 Å². The van der Waals surface area contributed by atoms with E-state index in [1.807, 2.05) is 0 Å². The Morgan fingerprint density at radius 1 is 0.860 bits per heavy atom. The maximum atomic E-state index is 11.8. The molecule has 2 aliphatic heterocycles. The lowest BCUT2D eigenvalue weighted by molar-refractivity contribution is -0.330. The second kappa shape index (κ2) is 13.6. The van der Waals surface area contributed by atoms with Crippen LogP contribution in [0.1, 0.15) is 94.9 Å². The predicted octanol–water partition coefficient (Wildman–Crippen LogP) is 7.56. The first-order valence-electron chi connectivity index (χ1n) is 16.7. The first-order chi connectivity index (χ1) is 20.2. The second-order valence-corrected chi connectivity index (χ2v) is 24.7. The molecule has 2 fully saturated rings. The molecule has 0 unspecified atom stereocenters. The summed E-state index contributed by atoms with van der Waals surface area (Å²) >= 11 is 0. The molecule has 7 heteroatoms. The Kier molecular flexibility index (Phi) is 10.9. The van der Waals surface area contributed by atoms with Gasteiger partial charge in [0.15, 0.2) is 5.79 Å². The van der Waals surface area contributed by atoms with Gasteiger partial charge < -0.3 is 23.4 Å². The van der Waals surface area contributed by atoms with E-state index < -0.39 is 28.5 Å². The van der Waals surface area contributed by atoms with Gasteiger partial charge in [-0.2, -0.15) is 0 Å². The number of rotatable bonds is 11. The average Bonchev–Trinajstić information content (AvgIpc) is 3.32. The summed E-state index contributed by atoms with van der Waals surface area (Å²) in [5.41, 5.74) is 1.29. The number of hydrogen-bond acceptors (Lipinski definition) is 5. The van der Waals surface area contributed by atoms with Crippen LogP contribution in [0, 0.1) is 0 Å². The van der Waals surface area contributed by atoms with Crippen LogP contribution in [0.25, 0.3) is 0 Å². The Hall–Kier alpha value is -1.33. The van der Waals surface area contributed by atoms with Gasteiger partial charge >= 0.3 is 0 Å². The number of benzene rings is 2. The first kappa shape index (κ1) is 34.5. The lowest BCUT2D eigenvalue weighted by Crippen LogP contribution is -2.67. The molecule has 5 atom stereocenters. The van der Waals surface area contributed by atoms with Gasteiger partial charge in [0.25, 0.3) is 8.32 Å². The Morgan fingerprint density at radius 2 is 1.37 bits per heavy atom. The standard InChI is InChI=1S/C36H58O5Si2/c1-26(2)42(27(3)4,28(5)6)41-33-25-30(40-36(34(33)37)23-21-29(7)39-36)22-24-38-43(35(8,9)10,31-17-13-11-14-18-31)32-19-15-12-16-20-32/h11-20,26-30,33-34,37H,21-25H2,1-10H3/t29-,30-,33-,34+,36-/m1/s1. The third-order valence-corrected chi connectivity index (χ3v) is 21.4. The SMILES string of the molecule is CC(C)[Si](O[C@@H]1C[C@@H](CCO[Si](c2ccccc2)(c2ccccc2)C(C)(C)C)O[C@]2(CC[C@@H](C)O2)[C@H]1O)(C(C)C)C(C)C. The van der Waals surface area contributed by atoms with Crippen molar-refractivity contribution in [3.8, 4) is 0 Å². The van der Waals surface area contributed by atoms with Crippen molar-refractivity contribution >= 4 is 27.0 Å². The highest BCUT2D eigenvalue weighted by atomic mass is 28.4. The molecule has 2 saturated heterocycles. The lowest BCUT2D eigenvalue weighted by atomic mass is 9.92. The van der Waals surface area contributed by atoms with Crippen molar-refractivity contribution in [3.63, 3.8) is 0 Å². The average molecular weight is 627 g/mol. The second-order valence-electron chi connectivity index (χ2n) is 15.0. The zero-order chi connectivity index (χ0) is 31.6. The molecule has 2 heterocycles. The highest BCUT2D eigenvalue weighted by Gasteiger charge is 2.57. The summed E-state index contributed by atoms with van der Waals surface area (Å²) in [6, 6.07) is 21.6. The molecule has 0 amide bonds. The van der Waals surface area contributed by atoms with Crippen LogP contribution < -0.4 is 10.4 Å². The molecule has 240 valence electrons. The molecule has 0 radical (unpaired) electrons. The van der Waals surface area contributed by atoms with Crippen molar-refractivity contribution in [3.05, 3.63) is 60.7 Å². The van der Waals surface area contributed by atoms with E-state index in [9.17, 15) is 5.11 Å². The van der Waals surface area contributed by atoms with Crippen LogP contribution >= 0.6 is 0 Å². The third-order valence-electron chi connectivity index (χ3n) is 10.2. The summed E-state index contributed by atoms with van der Waals surface area (Å²) in [6.07, 6.45) is 1.70. The van der Waals surface area contributed by atoms with Crippen LogP contribution in [0.15, 0.2) is 60.7 Å². The molecule has 0 bridgehead atoms. The van der Waals surface area contributed by atoms with Crippen molar-refractivity contribution < 1.29 is 23.4 Å². The van der Waals surface area contributed by atoms with E-state index in [0.717, 1.165) is 12.8 Å². The molecule has 0 aromatic heterocycles. The van der Waals surface area contributed by atoms with Gasteiger partial charge in [0.05, 0.1) is 18.3 Å². The van der Waals surface area contributed by atoms with Gasteiger partial charge in [-0.15, -0.1) is 0 Å². The van der Waals surface area contributed by atoms with E-state index in [-0.39, 0.29) is 23.4 Å². The summed E-state index contributed by atoms with van der Waals surface area (Å²) in [5.74, 6) is -1.02. The fourth-order valence-electron chi connectivity index (χ4n) is 8.30. The van der Waals surface area contributed by atoms with E-state index in [4.69, 9.17) is 18.3 Å². The van der Waals surface area contributed by atoms with Gasteiger partial charge in [0.2, 0.25) is 8.32 Å². The van der Waals surface area contributed by atoms with Gasteiger partial charge in [0, 0.05) is 19.4 Å². The van der Waals surface area contributed by atoms with E-state index in [1.165, 1.54) is 10.4 Å². The highest BCUT2D eigenvalue weighted by molar-refractivity contribution is 6.99. The quantitative estimate of drug-likeness (QED) is 0.261. The summed E-state index contributed by atoms with van der Waals surface area (Å²) < 4.78 is 27.7. The molecule has 4 rings (SSSR count). The maximum Gasteiger partial charge on any atom is 0.261 e. The van der Waals surface area contributed by atoms with E-state index in [0.29, 0.717) is 36.1 Å². The number of ether oxygens (including phenoxy) is 2. The fraction of sp³-hybridized carbons (Fsp3) is 0.667. The normalized spacial score (nSPS) is 27.1. The zero-order valence-corrected chi connectivity index (χ0v) is 30.4. The van der Waals surface area contributed by atoms with E-state index in [1.54, 1.807) is 0 Å². The van der Waals surface area contributed by atoms with Gasteiger partial charge in [-0.25, -0.2) is 0 Å². The smallest absolute Gasteiger partial charge is 0.261 e. The third kappa shape index (κ3) is 6.65. The predicted molar refractivity (Wildman–Crippen MR) is 182 cm³/mol. The van der Waals surface area contributed by atoms with Gasteiger partial charge in [-0.3, -0.25) is 0 Å². The molecule has 0 saturated carbocycles. The van der Waals surface area contributed by atoms with Crippen LogP contribution in [-0.2, 0) is 18.3 Å². The lowest BCUT2D eigenvalue weighted by Gasteiger charge is -2.51. The molecule has 43 heavy (non-hydrogen) atoms. The first-order valence-corrected chi connectivity index (χ1v) is 20.7. The summed E-state index contributed by atoms with van der Waals surface area (Å²) in [6.45, 7) is 23.4. The van der Waals surface area contributed by atoms with Crippen LogP contribution in [-0.4, -0.2) is 58.6 Å². The van der Waals surface area contributed by atoms with Crippen LogP contribution in [0.4, 0.5) is 0 Å². The topological polar surface area (TPSA) is 57.2 Å². The van der Waals surface area contributed by atoms with Crippen molar-refractivity contribution in [1.29, 1.82) is 0 Å². The summed E-state index contributed by atoms with van der Waals surface area (Å²) in [4.78, 5) is 0. The molecular weight excluding hydrogens is 569 g/mol. The van der Waals surface area contributed by atoms with Crippen LogP contribution in [0.3, 0.4) is 0 Å². The monoisotopic (exact) mass is 626 g/mol. The number of aliphatic hydroxyl groups is 1. The Morgan fingerprint density at radius 3 is 1.79 bits per heavy atom. The molecule has 1 N–H and O–H groups in total. The minimum Gasteiger partial charge on any atom is -0.410 e. The molecular formula is C36H58O5Si2. The number of aliphatic hydroxyl groups excluding tert-OH is 1. The molecule has 2 aromatic rings. The highest BCUT2D eigenvalue weighted by Crippen LogP contribution is 2.48. The maximum absolute atomic E-state index is 11.8. The fourth-order valence-corrected chi connectivity index (χ4v) is 18.4. The summed E-state index contributed by atoms with van der Waals surface area (Å²) in [5, 5.41) is 14.3. The van der Waals surface area contributed by atoms with Gasteiger partial charge in [0.1, 0.15) is 6.10 Å². The number of hydrogen-bond donors (Lipinski definition) is 1. The van der Waals surface area contributed by atoms with Crippen molar-refractivity contribution in [2.45, 2.75) is 147 Å². The molecule has 0 aliphatic carbocycles. The zero-order valence-electron chi connectivity index (χ0n) is 28.4. The van der Waals surface area contributed by atoms with Crippen molar-refractivity contribution in [2.75, 3.05) is 6.61 Å². The Bertz CT molecular complexity index is 1090. The van der Waals surface area contributed by atoms with Gasteiger partial charge in [-0.05, 0) is 51.8 Å². The van der Waals surface area contributed by atoms with Crippen LogP contribution in [0.5, 0.6) is 0 Å². The largest absolute Gasteiger partial charge is 0.410 e. The van der Waals surface area contributed by atoms with Crippen LogP contribution in [0.2, 0.25) is 21.7 Å². The molecule has 2 aliphatic rings. The molecule has 2 aromatic carbocycles. The Balaban J connectivity index is 1.64. The van der Waals surface area contributed by atoms with Gasteiger partial charge in [-0.1, -0.05) is 123 Å². The Labute approximate surface area is 263 Å². The molecule has 1 spiro atoms. The van der Waals surface area contributed by atoms with Crippen molar-refractivity contribution in [2.24, 2.45) is 0 Å². The van der Waals surface area contributed by atoms with Crippen molar-refractivity contribution in [1.82, 2.24) is 0 Å². The summed E-state index contributed by atoms with van der Waals surface area (Å²) in [7, 11) is -4.90. The van der Waals surface area contributed by atoms with E-state index in [2.05, 4.69) is 130 Å².